The molecule has 0 radical (unpaired) electrons. The van der Waals surface area contributed by atoms with E-state index in [9.17, 15) is 9.90 Å². The minimum atomic E-state index is 0.0270. The van der Waals surface area contributed by atoms with Crippen molar-refractivity contribution in [2.45, 2.75) is 54.4 Å². The Balaban J connectivity index is 3.12. The number of aliphatic hydroxyl groups is 1. The Bertz CT molecular complexity index is 658. The Labute approximate surface area is 153 Å². The van der Waals surface area contributed by atoms with Gasteiger partial charge in [-0.15, -0.1) is 0 Å². The van der Waals surface area contributed by atoms with Crippen molar-refractivity contribution >= 4 is 5.78 Å². The van der Waals surface area contributed by atoms with Crippen LogP contribution in [0.4, 0.5) is 0 Å². The molecule has 1 unspecified atom stereocenters. The van der Waals surface area contributed by atoms with Gasteiger partial charge < -0.3 is 14.8 Å². The fourth-order valence-corrected chi connectivity index (χ4v) is 3.68. The second kappa shape index (κ2) is 8.89. The molecule has 25 heavy (non-hydrogen) atoms. The molecule has 1 aliphatic rings. The third kappa shape index (κ3) is 4.97. The summed E-state index contributed by atoms with van der Waals surface area (Å²) in [6, 6.07) is 0. The molecule has 3 heteroatoms. The van der Waals surface area contributed by atoms with Gasteiger partial charge in [0.25, 0.3) is 0 Å². The monoisotopic (exact) mass is 343 g/mol. The zero-order chi connectivity index (χ0) is 19.3. The van der Waals surface area contributed by atoms with Crippen LogP contribution in [0, 0.1) is 5.92 Å². The predicted molar refractivity (Wildman–Crippen MR) is 106 cm³/mol. The van der Waals surface area contributed by atoms with Crippen LogP contribution in [0.2, 0.25) is 0 Å². The Morgan fingerprint density at radius 2 is 1.88 bits per heavy atom. The van der Waals surface area contributed by atoms with E-state index in [4.69, 9.17) is 0 Å². The molecule has 0 aromatic rings. The van der Waals surface area contributed by atoms with Crippen LogP contribution in [0.15, 0.2) is 58.6 Å². The van der Waals surface area contributed by atoms with Gasteiger partial charge in [0.05, 0.1) is 5.76 Å². The molecule has 1 heterocycles. The van der Waals surface area contributed by atoms with Gasteiger partial charge in [0.15, 0.2) is 0 Å². The van der Waals surface area contributed by atoms with Crippen molar-refractivity contribution in [1.82, 2.24) is 4.90 Å². The second-order valence-corrected chi connectivity index (χ2v) is 7.05. The normalized spacial score (nSPS) is 21.8. The molecule has 0 aliphatic carbocycles. The van der Waals surface area contributed by atoms with Crippen molar-refractivity contribution in [3.05, 3.63) is 58.6 Å². The molecule has 1 N–H and O–H groups in total. The summed E-state index contributed by atoms with van der Waals surface area (Å²) in [5, 5.41) is 10.0. The third-order valence-electron chi connectivity index (χ3n) is 5.12. The first kappa shape index (κ1) is 21.0. The number of aliphatic hydroxyl groups excluding tert-OH is 1. The average molecular weight is 344 g/mol. The highest BCUT2D eigenvalue weighted by Gasteiger charge is 2.33. The number of carbonyl (C=O) groups is 1. The van der Waals surface area contributed by atoms with Crippen molar-refractivity contribution in [1.29, 1.82) is 0 Å². The number of Topliss-reactive ketones (excluding diaryl/α,β-unsaturated/α-hetero) is 1. The molecule has 1 fully saturated rings. The molecule has 0 bridgehead atoms. The highest BCUT2D eigenvalue weighted by Crippen LogP contribution is 2.36. The van der Waals surface area contributed by atoms with Crippen LogP contribution in [-0.4, -0.2) is 28.9 Å². The summed E-state index contributed by atoms with van der Waals surface area (Å²) in [6.45, 7) is 21.4. The van der Waals surface area contributed by atoms with E-state index in [0.29, 0.717) is 6.42 Å². The highest BCUT2D eigenvalue weighted by molar-refractivity contribution is 5.76. The largest absolute Gasteiger partial charge is 0.512 e. The second-order valence-electron chi connectivity index (χ2n) is 7.05. The van der Waals surface area contributed by atoms with Gasteiger partial charge in [0, 0.05) is 36.7 Å². The number of allylic oxidation sites excluding steroid dienone is 6. The molecule has 138 valence electrons. The van der Waals surface area contributed by atoms with Crippen LogP contribution >= 0.6 is 0 Å². The first-order chi connectivity index (χ1) is 11.6. The standard InChI is InChI=1S/C22H33NO2/c1-9-14(3)21(10-2)17(6)15(4)12-23-13-20(11-16(5)24)22(18(23)7)19(8)25/h9,20,25H,1,7,10-13H2,2-6,8H3/b17-15+,21-14-,22-19-. The summed E-state index contributed by atoms with van der Waals surface area (Å²) in [5.74, 6) is 0.438. The maximum atomic E-state index is 11.6. The Hall–Kier alpha value is -2.03. The lowest BCUT2D eigenvalue weighted by molar-refractivity contribution is -0.117. The molecule has 0 aromatic heterocycles. The quantitative estimate of drug-likeness (QED) is 0.491. The van der Waals surface area contributed by atoms with E-state index in [1.54, 1.807) is 13.8 Å². The number of rotatable bonds is 7. The molecule has 0 spiro atoms. The molecule has 1 rings (SSSR count). The summed E-state index contributed by atoms with van der Waals surface area (Å²) in [6.07, 6.45) is 3.32. The van der Waals surface area contributed by atoms with E-state index in [0.717, 1.165) is 30.8 Å². The number of hydrogen-bond acceptors (Lipinski definition) is 3. The molecule has 0 saturated carbocycles. The van der Waals surface area contributed by atoms with Crippen molar-refractivity contribution in [2.75, 3.05) is 13.1 Å². The lowest BCUT2D eigenvalue weighted by atomic mass is 9.95. The van der Waals surface area contributed by atoms with Crippen molar-refractivity contribution < 1.29 is 9.90 Å². The van der Waals surface area contributed by atoms with E-state index < -0.39 is 0 Å². The number of ketones is 1. The minimum absolute atomic E-state index is 0.0270. The highest BCUT2D eigenvalue weighted by atomic mass is 16.3. The summed E-state index contributed by atoms with van der Waals surface area (Å²) in [7, 11) is 0. The van der Waals surface area contributed by atoms with Crippen LogP contribution in [0.1, 0.15) is 54.4 Å². The molecule has 3 nitrogen and oxygen atoms in total. The SMILES string of the molecule is C=C/C(C)=C(CC)\C(C)=C(/C)CN1CC(CC(C)=O)/C(=C(/C)O)C1=C. The van der Waals surface area contributed by atoms with Crippen molar-refractivity contribution in [3.63, 3.8) is 0 Å². The Kier molecular flexibility index (Phi) is 7.47. The van der Waals surface area contributed by atoms with E-state index in [-0.39, 0.29) is 17.5 Å². The van der Waals surface area contributed by atoms with Gasteiger partial charge in [-0.1, -0.05) is 31.7 Å². The van der Waals surface area contributed by atoms with E-state index in [1.165, 1.54) is 22.3 Å². The smallest absolute Gasteiger partial charge is 0.130 e. The van der Waals surface area contributed by atoms with E-state index in [2.05, 4.69) is 45.8 Å². The summed E-state index contributed by atoms with van der Waals surface area (Å²) in [4.78, 5) is 13.7. The van der Waals surface area contributed by atoms with E-state index in [1.807, 2.05) is 6.08 Å². The number of nitrogens with zero attached hydrogens (tertiary/aromatic N) is 1. The van der Waals surface area contributed by atoms with Gasteiger partial charge >= 0.3 is 0 Å². The van der Waals surface area contributed by atoms with Crippen LogP contribution < -0.4 is 0 Å². The minimum Gasteiger partial charge on any atom is -0.512 e. The summed E-state index contributed by atoms with van der Waals surface area (Å²) < 4.78 is 0. The molecule has 0 amide bonds. The summed E-state index contributed by atoms with van der Waals surface area (Å²) in [5.41, 5.74) is 6.76. The Morgan fingerprint density at radius 1 is 1.28 bits per heavy atom. The number of likely N-dealkylation sites (tertiary alicyclic amines) is 1. The van der Waals surface area contributed by atoms with Gasteiger partial charge in [0.1, 0.15) is 5.78 Å². The fourth-order valence-electron chi connectivity index (χ4n) is 3.68. The summed E-state index contributed by atoms with van der Waals surface area (Å²) >= 11 is 0. The van der Waals surface area contributed by atoms with E-state index >= 15 is 0 Å². The van der Waals surface area contributed by atoms with Gasteiger partial charge in [0.2, 0.25) is 0 Å². The zero-order valence-corrected chi connectivity index (χ0v) is 16.7. The van der Waals surface area contributed by atoms with Gasteiger partial charge in [-0.25, -0.2) is 0 Å². The molecule has 1 saturated heterocycles. The zero-order valence-electron chi connectivity index (χ0n) is 16.7. The van der Waals surface area contributed by atoms with Crippen LogP contribution in [0.25, 0.3) is 0 Å². The van der Waals surface area contributed by atoms with Crippen LogP contribution in [0.5, 0.6) is 0 Å². The lowest BCUT2D eigenvalue weighted by Crippen LogP contribution is -2.22. The Morgan fingerprint density at radius 3 is 2.32 bits per heavy atom. The maximum absolute atomic E-state index is 11.6. The van der Waals surface area contributed by atoms with Crippen molar-refractivity contribution in [2.24, 2.45) is 5.92 Å². The lowest BCUT2D eigenvalue weighted by Gasteiger charge is -2.22. The maximum Gasteiger partial charge on any atom is 0.130 e. The van der Waals surface area contributed by atoms with Crippen molar-refractivity contribution in [3.8, 4) is 0 Å². The average Bonchev–Trinajstić information content (AvgIpc) is 2.82. The number of hydrogen-bond donors (Lipinski definition) is 1. The van der Waals surface area contributed by atoms with Gasteiger partial charge in [-0.2, -0.15) is 0 Å². The third-order valence-corrected chi connectivity index (χ3v) is 5.12. The number of carbonyl (C=O) groups excluding carboxylic acids is 1. The van der Waals surface area contributed by atoms with Crippen LogP contribution in [-0.2, 0) is 4.79 Å². The van der Waals surface area contributed by atoms with Gasteiger partial charge in [-0.05, 0) is 57.8 Å². The molecule has 1 aliphatic heterocycles. The first-order valence-corrected chi connectivity index (χ1v) is 8.96. The predicted octanol–water partition coefficient (Wildman–Crippen LogP) is 5.49. The first-order valence-electron chi connectivity index (χ1n) is 8.96. The molecule has 1 atom stereocenters. The topological polar surface area (TPSA) is 40.5 Å². The molecular weight excluding hydrogens is 310 g/mol. The van der Waals surface area contributed by atoms with Gasteiger partial charge in [-0.3, -0.25) is 0 Å². The molecule has 0 aromatic carbocycles. The van der Waals surface area contributed by atoms with Crippen LogP contribution in [0.3, 0.4) is 0 Å². The fraction of sp³-hybridized carbons (Fsp3) is 0.500. The molecular formula is C22H33NO2.